The lowest BCUT2D eigenvalue weighted by Gasteiger charge is -2.10. The molecule has 0 bridgehead atoms. The molecule has 0 radical (unpaired) electrons. The average molecular weight is 216 g/mol. The van der Waals surface area contributed by atoms with E-state index < -0.39 is 0 Å². The van der Waals surface area contributed by atoms with Gasteiger partial charge in [-0.3, -0.25) is 0 Å². The maximum absolute atomic E-state index is 6.02. The molecule has 0 heterocycles. The van der Waals surface area contributed by atoms with Crippen LogP contribution in [0.25, 0.3) is 0 Å². The van der Waals surface area contributed by atoms with E-state index in [1.54, 1.807) is 11.8 Å². The van der Waals surface area contributed by atoms with Gasteiger partial charge in [0, 0.05) is 10.1 Å². The van der Waals surface area contributed by atoms with Gasteiger partial charge in [0.15, 0.2) is 0 Å². The van der Waals surface area contributed by atoms with E-state index >= 15 is 0 Å². The molecule has 13 heavy (non-hydrogen) atoms. The summed E-state index contributed by atoms with van der Waals surface area (Å²) in [6.07, 6.45) is 1.02. The molecule has 1 atom stereocenters. The number of rotatable bonds is 4. The Morgan fingerprint density at radius 1 is 1.46 bits per heavy atom. The van der Waals surface area contributed by atoms with E-state index in [9.17, 15) is 0 Å². The third-order valence-electron chi connectivity index (χ3n) is 1.74. The molecule has 1 aromatic rings. The van der Waals surface area contributed by atoms with Crippen molar-refractivity contribution >= 4 is 23.4 Å². The Labute approximate surface area is 88.7 Å². The molecule has 0 saturated carbocycles. The lowest BCUT2D eigenvalue weighted by Crippen LogP contribution is -2.06. The van der Waals surface area contributed by atoms with Crippen LogP contribution in [-0.2, 0) is 0 Å². The Morgan fingerprint density at radius 3 is 2.77 bits per heavy atom. The molecule has 0 aliphatic rings. The molecular weight excluding hydrogens is 202 g/mol. The molecule has 0 spiro atoms. The first-order valence-corrected chi connectivity index (χ1v) is 5.61. The molecule has 0 fully saturated rings. The first-order chi connectivity index (χ1) is 6.24. The average Bonchev–Trinajstić information content (AvgIpc) is 2.09. The second kappa shape index (κ2) is 5.53. The van der Waals surface area contributed by atoms with Gasteiger partial charge < -0.3 is 5.73 Å². The summed E-state index contributed by atoms with van der Waals surface area (Å²) in [5, 5.41) is 1.36. The van der Waals surface area contributed by atoms with E-state index in [0.717, 1.165) is 22.9 Å². The third kappa shape index (κ3) is 3.59. The molecule has 1 nitrogen and oxygen atoms in total. The fraction of sp³-hybridized carbons (Fsp3) is 0.400. The van der Waals surface area contributed by atoms with Gasteiger partial charge in [0.25, 0.3) is 0 Å². The molecule has 1 unspecified atom stereocenters. The van der Waals surface area contributed by atoms with Crippen molar-refractivity contribution in [2.24, 2.45) is 5.73 Å². The molecule has 72 valence electrons. The highest BCUT2D eigenvalue weighted by atomic mass is 35.5. The summed E-state index contributed by atoms with van der Waals surface area (Å²) in [4.78, 5) is 1.14. The van der Waals surface area contributed by atoms with Gasteiger partial charge in [-0.1, -0.05) is 30.7 Å². The summed E-state index contributed by atoms with van der Waals surface area (Å²) in [6.45, 7) is 2.90. The van der Waals surface area contributed by atoms with Crippen LogP contribution in [0, 0.1) is 0 Å². The summed E-state index contributed by atoms with van der Waals surface area (Å²) in [5.41, 5.74) is 5.47. The van der Waals surface area contributed by atoms with Crippen LogP contribution in [0.15, 0.2) is 29.2 Å². The Morgan fingerprint density at radius 2 is 2.15 bits per heavy atom. The predicted octanol–water partition coefficient (Wildman–Crippen LogP) is 3.17. The Bertz CT molecular complexity index is 265. The second-order valence-corrected chi connectivity index (χ2v) is 4.82. The van der Waals surface area contributed by atoms with E-state index in [1.807, 2.05) is 24.3 Å². The summed E-state index contributed by atoms with van der Waals surface area (Å²) in [5.74, 6) is 0. The smallest absolute Gasteiger partial charge is 0.0541 e. The van der Waals surface area contributed by atoms with Crippen LogP contribution in [0.2, 0.25) is 5.02 Å². The lowest BCUT2D eigenvalue weighted by molar-refractivity contribution is 0.823. The first kappa shape index (κ1) is 10.9. The number of halogens is 1. The van der Waals surface area contributed by atoms with Crippen LogP contribution >= 0.6 is 23.4 Å². The van der Waals surface area contributed by atoms with Crippen molar-refractivity contribution in [3.8, 4) is 0 Å². The van der Waals surface area contributed by atoms with Crippen molar-refractivity contribution in [3.05, 3.63) is 29.3 Å². The normalized spacial score (nSPS) is 12.8. The maximum Gasteiger partial charge on any atom is 0.0541 e. The van der Waals surface area contributed by atoms with Crippen LogP contribution < -0.4 is 5.73 Å². The van der Waals surface area contributed by atoms with E-state index in [1.165, 1.54) is 0 Å². The van der Waals surface area contributed by atoms with Crippen LogP contribution in [0.4, 0.5) is 0 Å². The van der Waals surface area contributed by atoms with Gasteiger partial charge in [-0.2, -0.15) is 0 Å². The molecule has 0 saturated heterocycles. The van der Waals surface area contributed by atoms with Gasteiger partial charge in [0.05, 0.1) is 5.02 Å². The molecular formula is C10H14ClNS. The fourth-order valence-corrected chi connectivity index (χ4v) is 2.35. The van der Waals surface area contributed by atoms with Gasteiger partial charge in [-0.05, 0) is 25.1 Å². The minimum absolute atomic E-state index is 0.532. The number of nitrogens with two attached hydrogens (primary N) is 1. The number of hydrogen-bond donors (Lipinski definition) is 1. The molecule has 2 N–H and O–H groups in total. The Kier molecular flexibility index (Phi) is 4.64. The van der Waals surface area contributed by atoms with Gasteiger partial charge >= 0.3 is 0 Å². The summed E-state index contributed by atoms with van der Waals surface area (Å²) in [7, 11) is 0. The Balaban J connectivity index is 2.58. The summed E-state index contributed by atoms with van der Waals surface area (Å²) in [6, 6.07) is 7.91. The van der Waals surface area contributed by atoms with Gasteiger partial charge in [-0.25, -0.2) is 0 Å². The lowest BCUT2D eigenvalue weighted by atomic mass is 10.3. The standard InChI is InChI=1S/C10H14ClNS/c1-8(6-7-12)13-10-5-3-2-4-9(10)11/h2-5,8H,6-7,12H2,1H3. The van der Waals surface area contributed by atoms with Gasteiger partial charge in [0.1, 0.15) is 0 Å². The van der Waals surface area contributed by atoms with Crippen molar-refractivity contribution in [2.75, 3.05) is 6.54 Å². The zero-order valence-electron chi connectivity index (χ0n) is 7.66. The molecule has 1 rings (SSSR count). The largest absolute Gasteiger partial charge is 0.330 e. The van der Waals surface area contributed by atoms with Crippen molar-refractivity contribution in [1.82, 2.24) is 0 Å². The van der Waals surface area contributed by atoms with Crippen LogP contribution in [-0.4, -0.2) is 11.8 Å². The molecule has 1 aromatic carbocycles. The van der Waals surface area contributed by atoms with Crippen molar-refractivity contribution < 1.29 is 0 Å². The zero-order valence-corrected chi connectivity index (χ0v) is 9.24. The quantitative estimate of drug-likeness (QED) is 0.781. The highest BCUT2D eigenvalue weighted by Gasteiger charge is 2.05. The third-order valence-corrected chi connectivity index (χ3v) is 3.43. The fourth-order valence-electron chi connectivity index (χ4n) is 1.05. The van der Waals surface area contributed by atoms with Crippen molar-refractivity contribution in [2.45, 2.75) is 23.5 Å². The zero-order chi connectivity index (χ0) is 9.68. The van der Waals surface area contributed by atoms with Gasteiger partial charge in [-0.15, -0.1) is 11.8 Å². The number of hydrogen-bond acceptors (Lipinski definition) is 2. The monoisotopic (exact) mass is 215 g/mol. The molecule has 0 amide bonds. The van der Waals surface area contributed by atoms with E-state index in [0.29, 0.717) is 5.25 Å². The van der Waals surface area contributed by atoms with Crippen molar-refractivity contribution in [1.29, 1.82) is 0 Å². The highest BCUT2D eigenvalue weighted by molar-refractivity contribution is 8.00. The highest BCUT2D eigenvalue weighted by Crippen LogP contribution is 2.30. The van der Waals surface area contributed by atoms with E-state index in [-0.39, 0.29) is 0 Å². The molecule has 0 aliphatic carbocycles. The SMILES string of the molecule is CC(CCN)Sc1ccccc1Cl. The van der Waals surface area contributed by atoms with Crippen LogP contribution in [0.1, 0.15) is 13.3 Å². The predicted molar refractivity (Wildman–Crippen MR) is 60.4 cm³/mol. The molecule has 3 heteroatoms. The molecule has 0 aliphatic heterocycles. The van der Waals surface area contributed by atoms with Crippen molar-refractivity contribution in [3.63, 3.8) is 0 Å². The van der Waals surface area contributed by atoms with E-state index in [2.05, 4.69) is 6.92 Å². The molecule has 0 aromatic heterocycles. The van der Waals surface area contributed by atoms with Crippen LogP contribution in [0.3, 0.4) is 0 Å². The van der Waals surface area contributed by atoms with Gasteiger partial charge in [0.2, 0.25) is 0 Å². The summed E-state index contributed by atoms with van der Waals surface area (Å²) >= 11 is 7.80. The minimum atomic E-state index is 0.532. The van der Waals surface area contributed by atoms with E-state index in [4.69, 9.17) is 17.3 Å². The number of thioether (sulfide) groups is 1. The number of benzene rings is 1. The van der Waals surface area contributed by atoms with Crippen LogP contribution in [0.5, 0.6) is 0 Å². The minimum Gasteiger partial charge on any atom is -0.330 e. The first-order valence-electron chi connectivity index (χ1n) is 4.35. The maximum atomic E-state index is 6.02. The second-order valence-electron chi connectivity index (χ2n) is 2.94. The topological polar surface area (TPSA) is 26.0 Å². The Hall–Kier alpha value is -0.180. The summed E-state index contributed by atoms with van der Waals surface area (Å²) < 4.78 is 0.